The number of rotatable bonds is 9. The molecule has 1 heteroatoms. The van der Waals surface area contributed by atoms with E-state index in [2.05, 4.69) is 19.2 Å². The molecular weight excluding hydrogens is 194 g/mol. The monoisotopic (exact) mass is 225 g/mol. The zero-order valence-corrected chi connectivity index (χ0v) is 11.4. The molecule has 0 saturated heterocycles. The summed E-state index contributed by atoms with van der Waals surface area (Å²) in [6.07, 6.45) is 14.3. The summed E-state index contributed by atoms with van der Waals surface area (Å²) in [5.41, 5.74) is 0. The summed E-state index contributed by atoms with van der Waals surface area (Å²) in [6, 6.07) is 0.853. The van der Waals surface area contributed by atoms with Crippen LogP contribution in [-0.2, 0) is 0 Å². The van der Waals surface area contributed by atoms with Crippen molar-refractivity contribution in [1.29, 1.82) is 0 Å². The van der Waals surface area contributed by atoms with E-state index in [1.54, 1.807) is 0 Å². The first-order valence-corrected chi connectivity index (χ1v) is 7.61. The minimum absolute atomic E-state index is 0.853. The van der Waals surface area contributed by atoms with Crippen molar-refractivity contribution in [3.8, 4) is 0 Å². The molecule has 0 aromatic rings. The van der Waals surface area contributed by atoms with Gasteiger partial charge in [-0.3, -0.25) is 0 Å². The molecule has 0 aromatic heterocycles. The topological polar surface area (TPSA) is 12.0 Å². The van der Waals surface area contributed by atoms with Crippen molar-refractivity contribution in [2.45, 2.75) is 84.1 Å². The first-order valence-electron chi connectivity index (χ1n) is 7.61. The Morgan fingerprint density at radius 3 is 2.50 bits per heavy atom. The van der Waals surface area contributed by atoms with Gasteiger partial charge in [0.1, 0.15) is 0 Å². The maximum atomic E-state index is 3.73. The van der Waals surface area contributed by atoms with Gasteiger partial charge >= 0.3 is 0 Å². The van der Waals surface area contributed by atoms with Crippen LogP contribution in [-0.4, -0.2) is 12.6 Å². The van der Waals surface area contributed by atoms with E-state index in [0.717, 1.165) is 12.0 Å². The average Bonchev–Trinajstić information content (AvgIpc) is 2.74. The Labute approximate surface area is 102 Å². The Hall–Kier alpha value is -0.0400. The molecule has 1 aliphatic carbocycles. The highest BCUT2D eigenvalue weighted by Crippen LogP contribution is 2.30. The van der Waals surface area contributed by atoms with Gasteiger partial charge in [0.2, 0.25) is 0 Å². The van der Waals surface area contributed by atoms with Crippen LogP contribution in [0.1, 0.15) is 78.1 Å². The predicted octanol–water partition coefficient (Wildman–Crippen LogP) is 4.52. The molecule has 1 N–H and O–H groups in total. The lowest BCUT2D eigenvalue weighted by atomic mass is 9.95. The molecule has 2 unspecified atom stereocenters. The Bertz CT molecular complexity index is 156. The minimum atomic E-state index is 0.853. The molecule has 0 aromatic carbocycles. The number of hydrogen-bond acceptors (Lipinski definition) is 1. The first kappa shape index (κ1) is 14.0. The molecule has 0 amide bonds. The summed E-state index contributed by atoms with van der Waals surface area (Å²) in [5, 5.41) is 3.73. The summed E-state index contributed by atoms with van der Waals surface area (Å²) in [5.74, 6) is 0.994. The third-order valence-electron chi connectivity index (χ3n) is 3.99. The van der Waals surface area contributed by atoms with Crippen LogP contribution in [0.15, 0.2) is 0 Å². The Morgan fingerprint density at radius 2 is 1.75 bits per heavy atom. The normalized spacial score (nSPS) is 25.1. The van der Waals surface area contributed by atoms with Crippen LogP contribution in [0.25, 0.3) is 0 Å². The Morgan fingerprint density at radius 1 is 0.938 bits per heavy atom. The predicted molar refractivity (Wildman–Crippen MR) is 72.8 cm³/mol. The third-order valence-corrected chi connectivity index (χ3v) is 3.99. The Balaban J connectivity index is 2.05. The quantitative estimate of drug-likeness (QED) is 0.569. The number of hydrogen-bond donors (Lipinski definition) is 1. The highest BCUT2D eigenvalue weighted by molar-refractivity contribution is 4.82. The van der Waals surface area contributed by atoms with Crippen molar-refractivity contribution in [2.24, 2.45) is 5.92 Å². The lowest BCUT2D eigenvalue weighted by Crippen LogP contribution is -2.32. The fraction of sp³-hybridized carbons (Fsp3) is 1.00. The van der Waals surface area contributed by atoms with Gasteiger partial charge in [0.05, 0.1) is 0 Å². The van der Waals surface area contributed by atoms with Crippen molar-refractivity contribution >= 4 is 0 Å². The summed E-state index contributed by atoms with van der Waals surface area (Å²) < 4.78 is 0. The van der Waals surface area contributed by atoms with Crippen molar-refractivity contribution in [2.75, 3.05) is 6.54 Å². The molecule has 1 rings (SSSR count). The van der Waals surface area contributed by atoms with Gasteiger partial charge in [-0.25, -0.2) is 0 Å². The second-order valence-electron chi connectivity index (χ2n) is 5.45. The highest BCUT2D eigenvalue weighted by atomic mass is 14.9. The molecule has 0 spiro atoms. The lowest BCUT2D eigenvalue weighted by Gasteiger charge is -2.20. The molecule has 0 radical (unpaired) electrons. The molecule has 96 valence electrons. The largest absolute Gasteiger partial charge is 0.314 e. The summed E-state index contributed by atoms with van der Waals surface area (Å²) in [6.45, 7) is 5.78. The molecule has 0 aliphatic heterocycles. The van der Waals surface area contributed by atoms with E-state index in [1.165, 1.54) is 70.8 Å². The maximum Gasteiger partial charge on any atom is 0.00953 e. The van der Waals surface area contributed by atoms with Crippen LogP contribution in [0.5, 0.6) is 0 Å². The van der Waals surface area contributed by atoms with E-state index in [9.17, 15) is 0 Å². The van der Waals surface area contributed by atoms with Crippen LogP contribution in [0.4, 0.5) is 0 Å². The molecule has 1 nitrogen and oxygen atoms in total. The molecule has 2 atom stereocenters. The van der Waals surface area contributed by atoms with Gasteiger partial charge in [-0.2, -0.15) is 0 Å². The SMILES string of the molecule is CCCCCCCC1CCCC1NCCC. The van der Waals surface area contributed by atoms with Crippen LogP contribution in [0.3, 0.4) is 0 Å². The van der Waals surface area contributed by atoms with Gasteiger partial charge in [0, 0.05) is 6.04 Å². The van der Waals surface area contributed by atoms with Gasteiger partial charge in [0.15, 0.2) is 0 Å². The minimum Gasteiger partial charge on any atom is -0.314 e. The van der Waals surface area contributed by atoms with Crippen molar-refractivity contribution < 1.29 is 0 Å². The van der Waals surface area contributed by atoms with Gasteiger partial charge in [-0.15, -0.1) is 0 Å². The molecule has 0 heterocycles. The lowest BCUT2D eigenvalue weighted by molar-refractivity contribution is 0.366. The molecule has 1 aliphatic rings. The van der Waals surface area contributed by atoms with Crippen LogP contribution in [0.2, 0.25) is 0 Å². The molecule has 1 saturated carbocycles. The van der Waals surface area contributed by atoms with Gasteiger partial charge in [-0.1, -0.05) is 52.4 Å². The first-order chi connectivity index (χ1) is 7.88. The second kappa shape index (κ2) is 9.04. The fourth-order valence-electron chi connectivity index (χ4n) is 2.99. The van der Waals surface area contributed by atoms with Crippen LogP contribution in [0, 0.1) is 5.92 Å². The van der Waals surface area contributed by atoms with Crippen molar-refractivity contribution in [3.63, 3.8) is 0 Å². The summed E-state index contributed by atoms with van der Waals surface area (Å²) >= 11 is 0. The van der Waals surface area contributed by atoms with E-state index in [4.69, 9.17) is 0 Å². The number of unbranched alkanes of at least 4 members (excludes halogenated alkanes) is 4. The van der Waals surface area contributed by atoms with Gasteiger partial charge < -0.3 is 5.32 Å². The third kappa shape index (κ3) is 5.34. The molecule has 0 bridgehead atoms. The van der Waals surface area contributed by atoms with Crippen LogP contribution < -0.4 is 5.32 Å². The van der Waals surface area contributed by atoms with E-state index >= 15 is 0 Å². The van der Waals surface area contributed by atoms with Gasteiger partial charge in [0.25, 0.3) is 0 Å². The van der Waals surface area contributed by atoms with Crippen molar-refractivity contribution in [1.82, 2.24) is 5.32 Å². The van der Waals surface area contributed by atoms with Gasteiger partial charge in [-0.05, 0) is 38.1 Å². The highest BCUT2D eigenvalue weighted by Gasteiger charge is 2.25. The number of nitrogens with one attached hydrogen (secondary N) is 1. The molecule has 1 fully saturated rings. The summed E-state index contributed by atoms with van der Waals surface area (Å²) in [4.78, 5) is 0. The van der Waals surface area contributed by atoms with E-state index in [1.807, 2.05) is 0 Å². The molecular formula is C15H31N. The average molecular weight is 225 g/mol. The molecule has 16 heavy (non-hydrogen) atoms. The summed E-state index contributed by atoms with van der Waals surface area (Å²) in [7, 11) is 0. The second-order valence-corrected chi connectivity index (χ2v) is 5.45. The fourth-order valence-corrected chi connectivity index (χ4v) is 2.99. The van der Waals surface area contributed by atoms with Crippen molar-refractivity contribution in [3.05, 3.63) is 0 Å². The standard InChI is InChI=1S/C15H31N/c1-3-5-6-7-8-10-14-11-9-12-15(14)16-13-4-2/h14-16H,3-13H2,1-2H3. The Kier molecular flexibility index (Phi) is 7.92. The van der Waals surface area contributed by atoms with E-state index in [0.29, 0.717) is 0 Å². The van der Waals surface area contributed by atoms with Crippen LogP contribution >= 0.6 is 0 Å². The van der Waals surface area contributed by atoms with E-state index < -0.39 is 0 Å². The zero-order chi connectivity index (χ0) is 11.6. The maximum absolute atomic E-state index is 3.73. The smallest absolute Gasteiger partial charge is 0.00953 e. The zero-order valence-electron chi connectivity index (χ0n) is 11.4. The van der Waals surface area contributed by atoms with E-state index in [-0.39, 0.29) is 0 Å².